The maximum atomic E-state index is 14.9. The van der Waals surface area contributed by atoms with Crippen molar-refractivity contribution >= 4 is 17.6 Å². The summed E-state index contributed by atoms with van der Waals surface area (Å²) in [5.74, 6) is 0.104. The molecule has 3 aliphatic rings. The second-order valence-electron chi connectivity index (χ2n) is 12.3. The van der Waals surface area contributed by atoms with Crippen molar-refractivity contribution in [3.05, 3.63) is 81.3 Å². The minimum atomic E-state index is -1.30. The molecule has 5 heterocycles. The Morgan fingerprint density at radius 1 is 1.15 bits per heavy atom. The Balaban J connectivity index is 1.09. The van der Waals surface area contributed by atoms with Gasteiger partial charge < -0.3 is 28.3 Å². The number of ether oxygens (including phenoxy) is 3. The number of fused-ring (bicyclic) bond motifs is 1. The lowest BCUT2D eigenvalue weighted by Crippen LogP contribution is -2.35. The van der Waals surface area contributed by atoms with E-state index < -0.39 is 17.6 Å². The second-order valence-corrected chi connectivity index (χ2v) is 12.7. The number of piperidine rings is 1. The number of carbonyl (C=O) groups is 1. The van der Waals surface area contributed by atoms with Crippen LogP contribution >= 0.6 is 11.6 Å². The number of para-hydroxylation sites is 1. The first kappa shape index (κ1) is 30.7. The number of oxazole rings is 1. The summed E-state index contributed by atoms with van der Waals surface area (Å²) in [6, 6.07) is 10.4. The van der Waals surface area contributed by atoms with E-state index in [1.807, 2.05) is 26.0 Å². The molecule has 0 aliphatic carbocycles. The van der Waals surface area contributed by atoms with E-state index in [1.54, 1.807) is 19.1 Å². The van der Waals surface area contributed by atoms with Crippen LogP contribution in [0.4, 0.5) is 4.39 Å². The lowest BCUT2D eigenvalue weighted by molar-refractivity contribution is -0.0712. The van der Waals surface area contributed by atoms with E-state index in [4.69, 9.17) is 35.2 Å². The molecule has 0 radical (unpaired) electrons. The Bertz CT molecular complexity index is 1790. The van der Waals surface area contributed by atoms with E-state index in [2.05, 4.69) is 20.5 Å². The number of carboxylic acid groups (broad SMARTS) is 1. The third-order valence-electron chi connectivity index (χ3n) is 9.25. The topological polar surface area (TPSA) is 112 Å². The summed E-state index contributed by atoms with van der Waals surface area (Å²) in [4.78, 5) is 23.5. The lowest BCUT2D eigenvalue weighted by Gasteiger charge is -2.33. The van der Waals surface area contributed by atoms with Crippen LogP contribution in [0.25, 0.3) is 11.6 Å². The van der Waals surface area contributed by atoms with Gasteiger partial charge >= 0.3 is 5.97 Å². The summed E-state index contributed by atoms with van der Waals surface area (Å²) in [5, 5.41) is 9.97. The number of aryl methyl sites for hydroxylation is 2. The van der Waals surface area contributed by atoms with Gasteiger partial charge in [-0.1, -0.05) is 30.7 Å². The molecule has 46 heavy (non-hydrogen) atoms. The van der Waals surface area contributed by atoms with Crippen molar-refractivity contribution in [3.8, 4) is 23.1 Å². The molecule has 2 saturated heterocycles. The van der Waals surface area contributed by atoms with Gasteiger partial charge in [-0.3, -0.25) is 4.90 Å². The third-order valence-corrected chi connectivity index (χ3v) is 9.48. The van der Waals surface area contributed by atoms with Crippen LogP contribution in [-0.4, -0.2) is 56.3 Å². The van der Waals surface area contributed by atoms with E-state index in [9.17, 15) is 14.3 Å². The highest BCUT2D eigenvalue weighted by atomic mass is 35.5. The Labute approximate surface area is 271 Å². The van der Waals surface area contributed by atoms with Gasteiger partial charge in [-0.2, -0.15) is 0 Å². The van der Waals surface area contributed by atoms with Crippen LogP contribution in [0.3, 0.4) is 0 Å². The molecule has 10 nitrogen and oxygen atoms in total. The summed E-state index contributed by atoms with van der Waals surface area (Å²) < 4.78 is 41.2. The van der Waals surface area contributed by atoms with Gasteiger partial charge in [-0.05, 0) is 69.5 Å². The van der Waals surface area contributed by atoms with E-state index in [0.29, 0.717) is 53.0 Å². The van der Waals surface area contributed by atoms with E-state index in [-0.39, 0.29) is 23.6 Å². The Morgan fingerprint density at radius 2 is 1.93 bits per heavy atom. The highest BCUT2D eigenvalue weighted by molar-refractivity contribution is 6.30. The van der Waals surface area contributed by atoms with Gasteiger partial charge in [0, 0.05) is 30.5 Å². The number of benzene rings is 2. The van der Waals surface area contributed by atoms with Gasteiger partial charge in [0.15, 0.2) is 17.2 Å². The van der Waals surface area contributed by atoms with Crippen LogP contribution in [0.1, 0.15) is 77.9 Å². The van der Waals surface area contributed by atoms with Gasteiger partial charge in [0.1, 0.15) is 23.1 Å². The van der Waals surface area contributed by atoms with Crippen molar-refractivity contribution in [1.29, 1.82) is 0 Å². The summed E-state index contributed by atoms with van der Waals surface area (Å²) in [7, 11) is 0. The summed E-state index contributed by atoms with van der Waals surface area (Å²) in [6.07, 6.45) is 3.22. The number of likely N-dealkylation sites (tertiary alicyclic amines) is 1. The van der Waals surface area contributed by atoms with Crippen LogP contribution in [0.15, 0.2) is 40.8 Å². The Morgan fingerprint density at radius 3 is 2.59 bits per heavy atom. The Hall–Kier alpha value is -3.93. The minimum absolute atomic E-state index is 0.0609. The molecule has 0 spiro atoms. The molecule has 12 heteroatoms. The molecule has 2 fully saturated rings. The van der Waals surface area contributed by atoms with Crippen LogP contribution in [0.5, 0.6) is 11.5 Å². The fourth-order valence-corrected chi connectivity index (χ4v) is 6.91. The van der Waals surface area contributed by atoms with Crippen LogP contribution < -0.4 is 9.47 Å². The number of carboxylic acids is 1. The highest BCUT2D eigenvalue weighted by Crippen LogP contribution is 2.50. The molecule has 2 aromatic heterocycles. The first-order valence-electron chi connectivity index (χ1n) is 15.7. The van der Waals surface area contributed by atoms with Gasteiger partial charge in [-0.25, -0.2) is 19.2 Å². The molecule has 242 valence electrons. The summed E-state index contributed by atoms with van der Waals surface area (Å²) in [6.45, 7) is 9.08. The zero-order chi connectivity index (χ0) is 32.2. The van der Waals surface area contributed by atoms with Crippen molar-refractivity contribution in [3.63, 3.8) is 0 Å². The molecule has 2 aromatic carbocycles. The third kappa shape index (κ3) is 5.54. The second kappa shape index (κ2) is 12.0. The number of halogens is 2. The van der Waals surface area contributed by atoms with Crippen LogP contribution in [0.2, 0.25) is 5.02 Å². The zero-order valence-electron chi connectivity index (χ0n) is 26.0. The molecule has 0 bridgehead atoms. The summed E-state index contributed by atoms with van der Waals surface area (Å²) >= 11 is 5.98. The first-order chi connectivity index (χ1) is 22.1. The number of aromatic carboxylic acids is 1. The van der Waals surface area contributed by atoms with E-state index >= 15 is 0 Å². The van der Waals surface area contributed by atoms with Gasteiger partial charge in [0.25, 0.3) is 5.79 Å². The van der Waals surface area contributed by atoms with Crippen molar-refractivity contribution in [2.75, 3.05) is 19.7 Å². The van der Waals surface area contributed by atoms with Crippen molar-refractivity contribution in [1.82, 2.24) is 19.4 Å². The first-order valence-corrected chi connectivity index (χ1v) is 16.1. The van der Waals surface area contributed by atoms with Crippen molar-refractivity contribution in [2.24, 2.45) is 0 Å². The molecule has 3 aliphatic heterocycles. The molecule has 0 saturated carbocycles. The Kier molecular flexibility index (Phi) is 8.02. The predicted molar refractivity (Wildman–Crippen MR) is 167 cm³/mol. The highest BCUT2D eigenvalue weighted by Gasteiger charge is 2.43. The number of rotatable bonds is 9. The molecule has 1 N–H and O–H groups in total. The molecule has 7 rings (SSSR count). The predicted octanol–water partition coefficient (Wildman–Crippen LogP) is 6.71. The lowest BCUT2D eigenvalue weighted by atomic mass is 9.88. The molecule has 2 atom stereocenters. The molecular weight excluding hydrogens is 615 g/mol. The SMILES string of the molecule is CCc1oc(-c2c(C)nc(CN3CCC(c4cccc5c4O[C@@](C)(c4ccc(Cl)cc4F)O5)CC3)n2C[C@@H]2CCO2)nc1C(=O)O. The average Bonchev–Trinajstić information content (AvgIpc) is 3.67. The number of imidazole rings is 1. The summed E-state index contributed by atoms with van der Waals surface area (Å²) in [5.41, 5.74) is 2.72. The maximum absolute atomic E-state index is 14.9. The van der Waals surface area contributed by atoms with Crippen LogP contribution in [0, 0.1) is 12.7 Å². The molecule has 4 aromatic rings. The van der Waals surface area contributed by atoms with Crippen LogP contribution in [-0.2, 0) is 30.0 Å². The maximum Gasteiger partial charge on any atom is 0.358 e. The molecular formula is C34H36ClFN4O6. The monoisotopic (exact) mass is 650 g/mol. The minimum Gasteiger partial charge on any atom is -0.476 e. The van der Waals surface area contributed by atoms with Gasteiger partial charge in [0.05, 0.1) is 30.5 Å². The van der Waals surface area contributed by atoms with Gasteiger partial charge in [-0.15, -0.1) is 0 Å². The van der Waals surface area contributed by atoms with Crippen molar-refractivity contribution in [2.45, 2.75) is 77.4 Å². The normalized spacial score (nSPS) is 21.5. The molecule has 0 amide bonds. The number of aromatic nitrogens is 3. The fraction of sp³-hybridized carbons (Fsp3) is 0.441. The fourth-order valence-electron chi connectivity index (χ4n) is 6.75. The largest absolute Gasteiger partial charge is 0.476 e. The number of hydrogen-bond donors (Lipinski definition) is 1. The molecule has 0 unspecified atom stereocenters. The van der Waals surface area contributed by atoms with E-state index in [1.165, 1.54) is 6.07 Å². The number of nitrogens with zero attached hydrogens (tertiary/aromatic N) is 4. The zero-order valence-corrected chi connectivity index (χ0v) is 26.8. The van der Waals surface area contributed by atoms with Crippen molar-refractivity contribution < 1.29 is 32.9 Å². The number of hydrogen-bond acceptors (Lipinski definition) is 8. The van der Waals surface area contributed by atoms with Gasteiger partial charge in [0.2, 0.25) is 5.89 Å². The van der Waals surface area contributed by atoms with E-state index in [0.717, 1.165) is 56.0 Å². The quantitative estimate of drug-likeness (QED) is 0.211. The smallest absolute Gasteiger partial charge is 0.358 e. The standard InChI is InChI=1S/C34H36ClFN4O6/c1-4-26-29(33(41)42)38-32(44-26)30-19(2)37-28(40(30)17-22-12-15-43-22)18-39-13-10-20(11-14-39)23-6-5-7-27-31(23)46-34(3,45-27)24-9-8-21(35)16-25(24)36/h5-9,16,20,22H,4,10-15,17-18H2,1-3H3,(H,41,42)/t22-,34-/m0/s1. The average molecular weight is 651 g/mol.